The van der Waals surface area contributed by atoms with E-state index >= 15 is 0 Å². The van der Waals surface area contributed by atoms with Gasteiger partial charge in [0.1, 0.15) is 0 Å². The lowest BCUT2D eigenvalue weighted by molar-refractivity contribution is 0.0919. The molecule has 2 heterocycles. The summed E-state index contributed by atoms with van der Waals surface area (Å²) in [5.74, 6) is 1.01. The molecule has 1 atom stereocenters. The molecule has 3 aliphatic rings. The lowest BCUT2D eigenvalue weighted by Crippen LogP contribution is -2.49. The zero-order chi connectivity index (χ0) is 17.0. The van der Waals surface area contributed by atoms with Crippen LogP contribution < -0.4 is 0 Å². The number of piperazine rings is 1. The molecule has 23 heavy (non-hydrogen) atoms. The van der Waals surface area contributed by atoms with Crippen LogP contribution in [0.1, 0.15) is 60.8 Å². The monoisotopic (exact) mass is 323 g/mol. The summed E-state index contributed by atoms with van der Waals surface area (Å²) in [6.45, 7) is 22.6. The summed E-state index contributed by atoms with van der Waals surface area (Å²) in [5.41, 5.74) is 0.751. The number of hydrogen-bond donors (Lipinski definition) is 0. The Balaban J connectivity index is 0.000000924. The molecule has 0 aromatic rings. The third-order valence-corrected chi connectivity index (χ3v) is 6.50. The zero-order valence-corrected chi connectivity index (χ0v) is 16.6. The van der Waals surface area contributed by atoms with Gasteiger partial charge in [0.25, 0.3) is 0 Å². The van der Waals surface area contributed by atoms with Gasteiger partial charge in [-0.25, -0.2) is 0 Å². The molecule has 0 amide bonds. The van der Waals surface area contributed by atoms with E-state index in [1.54, 1.807) is 0 Å². The number of likely N-dealkylation sites (tertiary alicyclic amines) is 1. The normalized spacial score (nSPS) is 29.0. The topological polar surface area (TPSA) is 9.72 Å². The molecule has 1 spiro atoms. The second-order valence-electron chi connectivity index (χ2n) is 8.32. The summed E-state index contributed by atoms with van der Waals surface area (Å²) in [6.07, 6.45) is 4.44. The molecule has 3 rings (SSSR count). The Bertz CT molecular complexity index is 337. The van der Waals surface area contributed by atoms with Crippen molar-refractivity contribution in [2.24, 2.45) is 11.3 Å². The lowest BCUT2D eigenvalue weighted by atomic mass is 9.90. The predicted octanol–water partition coefficient (Wildman–Crippen LogP) is 3.55. The first kappa shape index (κ1) is 19.2. The van der Waals surface area contributed by atoms with Gasteiger partial charge in [-0.2, -0.15) is 0 Å². The summed E-state index contributed by atoms with van der Waals surface area (Å²) in [4.78, 5) is 8.04. The molecule has 2 aliphatic heterocycles. The van der Waals surface area contributed by atoms with Gasteiger partial charge in [-0.15, -0.1) is 0 Å². The molecule has 0 bridgehead atoms. The standard InChI is InChI=1S/C18H35N3.C2H6/c1-15(2)20-7-5-18(6-8-20)13-17(18)14-19-9-11-21(12-10-19)16(3)4;1-2/h15-17H,5-14H2,1-4H3;1-2H3. The van der Waals surface area contributed by atoms with Crippen LogP contribution in [-0.2, 0) is 0 Å². The van der Waals surface area contributed by atoms with Crippen LogP contribution in [0.2, 0.25) is 0 Å². The van der Waals surface area contributed by atoms with Crippen molar-refractivity contribution in [2.45, 2.75) is 72.9 Å². The highest BCUT2D eigenvalue weighted by atomic mass is 15.3. The highest BCUT2D eigenvalue weighted by molar-refractivity contribution is 5.06. The van der Waals surface area contributed by atoms with E-state index in [-0.39, 0.29) is 0 Å². The molecular weight excluding hydrogens is 282 g/mol. The first-order valence-electron chi connectivity index (χ1n) is 10.2. The van der Waals surface area contributed by atoms with Gasteiger partial charge in [0.05, 0.1) is 0 Å². The van der Waals surface area contributed by atoms with Crippen molar-refractivity contribution in [3.63, 3.8) is 0 Å². The molecule has 3 heteroatoms. The molecular formula is C20H41N3. The van der Waals surface area contributed by atoms with Crippen molar-refractivity contribution in [3.05, 3.63) is 0 Å². The van der Waals surface area contributed by atoms with Gasteiger partial charge in [-0.05, 0) is 71.4 Å². The molecule has 2 saturated heterocycles. The first-order chi connectivity index (χ1) is 11.0. The maximum atomic E-state index is 2.74. The van der Waals surface area contributed by atoms with Crippen molar-refractivity contribution < 1.29 is 0 Å². The summed E-state index contributed by atoms with van der Waals surface area (Å²) < 4.78 is 0. The lowest BCUT2D eigenvalue weighted by Gasteiger charge is -2.38. The van der Waals surface area contributed by atoms with E-state index in [1.165, 1.54) is 65.1 Å². The number of nitrogens with zero attached hydrogens (tertiary/aromatic N) is 3. The Labute approximate surface area is 145 Å². The molecule has 136 valence electrons. The van der Waals surface area contributed by atoms with Crippen molar-refractivity contribution in [1.82, 2.24) is 14.7 Å². The predicted molar refractivity (Wildman–Crippen MR) is 101 cm³/mol. The van der Waals surface area contributed by atoms with Crippen LogP contribution in [0, 0.1) is 11.3 Å². The molecule has 1 unspecified atom stereocenters. The first-order valence-corrected chi connectivity index (χ1v) is 10.2. The maximum Gasteiger partial charge on any atom is 0.0113 e. The van der Waals surface area contributed by atoms with Crippen molar-refractivity contribution in [2.75, 3.05) is 45.8 Å². The molecule has 0 aromatic heterocycles. The second-order valence-corrected chi connectivity index (χ2v) is 8.32. The van der Waals surface area contributed by atoms with Crippen LogP contribution in [0.5, 0.6) is 0 Å². The highest BCUT2D eigenvalue weighted by Crippen LogP contribution is 2.59. The SMILES string of the molecule is CC.CC(C)N1CCN(CC2CC23CCN(C(C)C)CC3)CC1. The minimum Gasteiger partial charge on any atom is -0.301 e. The van der Waals surface area contributed by atoms with E-state index in [1.807, 2.05) is 13.8 Å². The summed E-state index contributed by atoms with van der Waals surface area (Å²) >= 11 is 0. The zero-order valence-electron chi connectivity index (χ0n) is 16.6. The van der Waals surface area contributed by atoms with E-state index in [0.717, 1.165) is 23.4 Å². The molecule has 3 nitrogen and oxygen atoms in total. The van der Waals surface area contributed by atoms with Crippen molar-refractivity contribution in [1.29, 1.82) is 0 Å². The Morgan fingerprint density at radius 2 is 1.26 bits per heavy atom. The minimum atomic E-state index is 0.722. The molecule has 1 aliphatic carbocycles. The van der Waals surface area contributed by atoms with Crippen LogP contribution in [0.25, 0.3) is 0 Å². The minimum absolute atomic E-state index is 0.722. The van der Waals surface area contributed by atoms with E-state index in [4.69, 9.17) is 0 Å². The molecule has 1 saturated carbocycles. The number of hydrogen-bond acceptors (Lipinski definition) is 3. The fraction of sp³-hybridized carbons (Fsp3) is 1.00. The van der Waals surface area contributed by atoms with Gasteiger partial charge in [0.2, 0.25) is 0 Å². The van der Waals surface area contributed by atoms with E-state index in [9.17, 15) is 0 Å². The average molecular weight is 324 g/mol. The van der Waals surface area contributed by atoms with Gasteiger partial charge >= 0.3 is 0 Å². The van der Waals surface area contributed by atoms with E-state index in [2.05, 4.69) is 42.4 Å². The summed E-state index contributed by atoms with van der Waals surface area (Å²) in [5, 5.41) is 0. The maximum absolute atomic E-state index is 2.74. The van der Waals surface area contributed by atoms with Gasteiger partial charge < -0.3 is 9.80 Å². The summed E-state index contributed by atoms with van der Waals surface area (Å²) in [7, 11) is 0. The molecule has 3 fully saturated rings. The quantitative estimate of drug-likeness (QED) is 0.783. The van der Waals surface area contributed by atoms with Gasteiger partial charge in [0, 0.05) is 44.8 Å². The second kappa shape index (κ2) is 8.31. The van der Waals surface area contributed by atoms with E-state index in [0.29, 0.717) is 0 Å². The number of rotatable bonds is 4. The van der Waals surface area contributed by atoms with Crippen LogP contribution in [0.15, 0.2) is 0 Å². The Kier molecular flexibility index (Phi) is 6.94. The smallest absolute Gasteiger partial charge is 0.0113 e. The van der Waals surface area contributed by atoms with Gasteiger partial charge in [-0.3, -0.25) is 4.90 Å². The highest BCUT2D eigenvalue weighted by Gasteiger charge is 2.54. The van der Waals surface area contributed by atoms with Crippen LogP contribution in [-0.4, -0.2) is 72.6 Å². The van der Waals surface area contributed by atoms with E-state index < -0.39 is 0 Å². The Morgan fingerprint density at radius 1 is 0.783 bits per heavy atom. The third-order valence-electron chi connectivity index (χ3n) is 6.50. The average Bonchev–Trinajstić information content (AvgIpc) is 3.21. The van der Waals surface area contributed by atoms with Crippen LogP contribution in [0.3, 0.4) is 0 Å². The van der Waals surface area contributed by atoms with Crippen LogP contribution >= 0.6 is 0 Å². The third kappa shape index (κ3) is 4.70. The van der Waals surface area contributed by atoms with Gasteiger partial charge in [0.15, 0.2) is 0 Å². The number of piperidine rings is 1. The Hall–Kier alpha value is -0.120. The van der Waals surface area contributed by atoms with Crippen molar-refractivity contribution in [3.8, 4) is 0 Å². The Morgan fingerprint density at radius 3 is 1.74 bits per heavy atom. The molecule has 0 N–H and O–H groups in total. The fourth-order valence-corrected chi connectivity index (χ4v) is 4.56. The summed E-state index contributed by atoms with van der Waals surface area (Å²) in [6, 6.07) is 1.46. The molecule has 0 radical (unpaired) electrons. The largest absolute Gasteiger partial charge is 0.301 e. The van der Waals surface area contributed by atoms with Crippen LogP contribution in [0.4, 0.5) is 0 Å². The van der Waals surface area contributed by atoms with Crippen molar-refractivity contribution >= 4 is 0 Å². The van der Waals surface area contributed by atoms with Gasteiger partial charge in [-0.1, -0.05) is 13.8 Å². The molecule has 0 aromatic carbocycles. The fourth-order valence-electron chi connectivity index (χ4n) is 4.56.